The number of hydrogen-bond acceptors (Lipinski definition) is 4. The van der Waals surface area contributed by atoms with Crippen molar-refractivity contribution in [2.45, 2.75) is 37.8 Å². The highest BCUT2D eigenvalue weighted by molar-refractivity contribution is 7.19. The number of aromatic nitrogens is 1. The van der Waals surface area contributed by atoms with Crippen LogP contribution >= 0.6 is 11.3 Å². The summed E-state index contributed by atoms with van der Waals surface area (Å²) in [4.78, 5) is 16.4. The molecule has 2 N–H and O–H groups in total. The van der Waals surface area contributed by atoms with E-state index < -0.39 is 5.97 Å². The van der Waals surface area contributed by atoms with E-state index in [1.807, 2.05) is 6.07 Å². The third-order valence-corrected chi connectivity index (χ3v) is 4.87. The van der Waals surface area contributed by atoms with Crippen molar-refractivity contribution in [2.75, 3.05) is 0 Å². The van der Waals surface area contributed by atoms with Crippen LogP contribution in [0.25, 0.3) is 10.2 Å². The lowest BCUT2D eigenvalue weighted by Crippen LogP contribution is -2.51. The van der Waals surface area contributed by atoms with Crippen LogP contribution in [-0.4, -0.2) is 21.6 Å². The molecule has 0 bridgehead atoms. The van der Waals surface area contributed by atoms with Crippen LogP contribution in [-0.2, 0) is 11.3 Å². The molecule has 1 aliphatic rings. The molecule has 2 aromatic heterocycles. The zero-order valence-electron chi connectivity index (χ0n) is 10.6. The Labute approximate surface area is 115 Å². The predicted octanol–water partition coefficient (Wildman–Crippen LogP) is 2.78. The highest BCUT2D eigenvalue weighted by Gasteiger charge is 2.38. The van der Waals surface area contributed by atoms with E-state index in [2.05, 4.69) is 22.4 Å². The van der Waals surface area contributed by atoms with Gasteiger partial charge in [0, 0.05) is 23.2 Å². The molecule has 2 heterocycles. The molecule has 4 nitrogen and oxygen atoms in total. The van der Waals surface area contributed by atoms with E-state index in [0.29, 0.717) is 0 Å². The number of carbonyl (C=O) groups is 1. The number of nitrogens with one attached hydrogen (secondary N) is 1. The lowest BCUT2D eigenvalue weighted by atomic mass is 9.74. The summed E-state index contributed by atoms with van der Waals surface area (Å²) in [5.41, 5.74) is 0.834. The summed E-state index contributed by atoms with van der Waals surface area (Å²) in [6.07, 6.45) is 5.05. The fourth-order valence-electron chi connectivity index (χ4n) is 2.59. The molecule has 0 aliphatic heterocycles. The van der Waals surface area contributed by atoms with Crippen LogP contribution in [0.3, 0.4) is 0 Å². The number of fused-ring (bicyclic) bond motifs is 1. The summed E-state index contributed by atoms with van der Waals surface area (Å²) < 4.78 is 1.18. The average molecular weight is 276 g/mol. The van der Waals surface area contributed by atoms with Crippen LogP contribution in [0, 0.1) is 0 Å². The van der Waals surface area contributed by atoms with Gasteiger partial charge in [0.05, 0.1) is 16.6 Å². The SMILES string of the molecule is O=C(O)CC1(NCc2cc3ncccc3s2)CCC1. The van der Waals surface area contributed by atoms with Gasteiger partial charge in [-0.05, 0) is 37.5 Å². The third kappa shape index (κ3) is 2.62. The first-order valence-corrected chi connectivity index (χ1v) is 7.29. The summed E-state index contributed by atoms with van der Waals surface area (Å²) >= 11 is 1.72. The largest absolute Gasteiger partial charge is 0.481 e. The quantitative estimate of drug-likeness (QED) is 0.881. The van der Waals surface area contributed by atoms with Crippen LogP contribution in [0.1, 0.15) is 30.6 Å². The Morgan fingerprint density at radius 2 is 2.37 bits per heavy atom. The Bertz CT molecular complexity index is 571. The molecule has 100 valence electrons. The zero-order valence-corrected chi connectivity index (χ0v) is 11.4. The minimum Gasteiger partial charge on any atom is -0.481 e. The van der Waals surface area contributed by atoms with Crippen molar-refractivity contribution < 1.29 is 9.90 Å². The Morgan fingerprint density at radius 1 is 1.53 bits per heavy atom. The number of rotatable bonds is 5. The number of carboxylic acids is 1. The summed E-state index contributed by atoms with van der Waals surface area (Å²) in [5, 5.41) is 12.4. The number of pyridine rings is 1. The molecule has 1 fully saturated rings. The maximum Gasteiger partial charge on any atom is 0.305 e. The molecule has 1 saturated carbocycles. The van der Waals surface area contributed by atoms with Crippen LogP contribution in [0.4, 0.5) is 0 Å². The topological polar surface area (TPSA) is 62.2 Å². The van der Waals surface area contributed by atoms with Gasteiger partial charge in [-0.25, -0.2) is 0 Å². The van der Waals surface area contributed by atoms with E-state index in [4.69, 9.17) is 5.11 Å². The first kappa shape index (κ1) is 12.6. The van der Waals surface area contributed by atoms with E-state index in [1.165, 1.54) is 9.58 Å². The van der Waals surface area contributed by atoms with Crippen molar-refractivity contribution in [3.8, 4) is 0 Å². The van der Waals surface area contributed by atoms with E-state index >= 15 is 0 Å². The first-order chi connectivity index (χ1) is 9.17. The van der Waals surface area contributed by atoms with Crippen LogP contribution < -0.4 is 5.32 Å². The minimum atomic E-state index is -0.717. The lowest BCUT2D eigenvalue weighted by molar-refractivity contribution is -0.139. The van der Waals surface area contributed by atoms with Crippen molar-refractivity contribution in [1.29, 1.82) is 0 Å². The van der Waals surface area contributed by atoms with E-state index in [-0.39, 0.29) is 12.0 Å². The fraction of sp³-hybridized carbons (Fsp3) is 0.429. The van der Waals surface area contributed by atoms with Crippen molar-refractivity contribution in [3.63, 3.8) is 0 Å². The van der Waals surface area contributed by atoms with Gasteiger partial charge in [0.2, 0.25) is 0 Å². The Balaban J connectivity index is 1.69. The van der Waals surface area contributed by atoms with Gasteiger partial charge in [-0.1, -0.05) is 0 Å². The maximum atomic E-state index is 10.9. The normalized spacial score (nSPS) is 17.3. The number of nitrogens with zero attached hydrogens (tertiary/aromatic N) is 1. The molecule has 0 unspecified atom stereocenters. The molecule has 0 radical (unpaired) electrons. The van der Waals surface area contributed by atoms with E-state index in [9.17, 15) is 4.79 Å². The summed E-state index contributed by atoms with van der Waals surface area (Å²) in [7, 11) is 0. The van der Waals surface area contributed by atoms with E-state index in [1.54, 1.807) is 17.5 Å². The molecule has 3 rings (SSSR count). The molecular formula is C14H16N2O2S. The number of aliphatic carboxylic acids is 1. The van der Waals surface area contributed by atoms with Gasteiger partial charge in [0.1, 0.15) is 0 Å². The summed E-state index contributed by atoms with van der Waals surface area (Å²) in [6, 6.07) is 6.08. The smallest absolute Gasteiger partial charge is 0.305 e. The summed E-state index contributed by atoms with van der Waals surface area (Å²) in [6.45, 7) is 0.730. The van der Waals surface area contributed by atoms with Gasteiger partial charge in [-0.2, -0.15) is 0 Å². The van der Waals surface area contributed by atoms with Gasteiger partial charge < -0.3 is 10.4 Å². The Kier molecular flexibility index (Phi) is 3.24. The number of thiophene rings is 1. The second-order valence-electron chi connectivity index (χ2n) is 5.16. The first-order valence-electron chi connectivity index (χ1n) is 6.47. The molecule has 0 atom stereocenters. The number of carboxylic acid groups (broad SMARTS) is 1. The highest BCUT2D eigenvalue weighted by Crippen LogP contribution is 2.35. The summed E-state index contributed by atoms with van der Waals surface area (Å²) in [5.74, 6) is -0.717. The van der Waals surface area contributed by atoms with Gasteiger partial charge in [-0.15, -0.1) is 11.3 Å². The second-order valence-corrected chi connectivity index (χ2v) is 6.33. The Hall–Kier alpha value is -1.46. The molecular weight excluding hydrogens is 260 g/mol. The van der Waals surface area contributed by atoms with Crippen molar-refractivity contribution >= 4 is 27.5 Å². The van der Waals surface area contributed by atoms with Gasteiger partial charge in [-0.3, -0.25) is 9.78 Å². The molecule has 0 amide bonds. The van der Waals surface area contributed by atoms with Crippen molar-refractivity contribution in [3.05, 3.63) is 29.3 Å². The minimum absolute atomic E-state index is 0.185. The molecule has 0 saturated heterocycles. The highest BCUT2D eigenvalue weighted by atomic mass is 32.1. The molecule has 0 aromatic carbocycles. The molecule has 0 spiro atoms. The predicted molar refractivity (Wildman–Crippen MR) is 75.3 cm³/mol. The molecule has 2 aromatic rings. The van der Waals surface area contributed by atoms with Crippen LogP contribution in [0.2, 0.25) is 0 Å². The van der Waals surface area contributed by atoms with Gasteiger partial charge >= 0.3 is 5.97 Å². The third-order valence-electron chi connectivity index (χ3n) is 3.78. The van der Waals surface area contributed by atoms with Crippen LogP contribution in [0.15, 0.2) is 24.4 Å². The van der Waals surface area contributed by atoms with E-state index in [0.717, 1.165) is 31.3 Å². The van der Waals surface area contributed by atoms with Crippen LogP contribution in [0.5, 0.6) is 0 Å². The zero-order chi connectivity index (χ0) is 13.3. The van der Waals surface area contributed by atoms with Crippen molar-refractivity contribution in [1.82, 2.24) is 10.3 Å². The Morgan fingerprint density at radius 3 is 3.00 bits per heavy atom. The molecule has 1 aliphatic carbocycles. The van der Waals surface area contributed by atoms with Gasteiger partial charge in [0.15, 0.2) is 0 Å². The molecule has 5 heteroatoms. The maximum absolute atomic E-state index is 10.9. The average Bonchev–Trinajstić information content (AvgIpc) is 2.74. The lowest BCUT2D eigenvalue weighted by Gasteiger charge is -2.41. The number of hydrogen-bond donors (Lipinski definition) is 2. The van der Waals surface area contributed by atoms with Crippen molar-refractivity contribution in [2.24, 2.45) is 0 Å². The standard InChI is InChI=1S/C14H16N2O2S/c17-13(18)8-14(4-2-5-14)16-9-10-7-11-12(19-10)3-1-6-15-11/h1,3,6-7,16H,2,4-5,8-9H2,(H,17,18). The fourth-order valence-corrected chi connectivity index (χ4v) is 3.55. The molecule has 19 heavy (non-hydrogen) atoms. The second kappa shape index (κ2) is 4.90. The monoisotopic (exact) mass is 276 g/mol. The van der Waals surface area contributed by atoms with Gasteiger partial charge in [0.25, 0.3) is 0 Å².